The van der Waals surface area contributed by atoms with Crippen LogP contribution in [0.15, 0.2) is 42.5 Å². The first-order chi connectivity index (χ1) is 12.6. The van der Waals surface area contributed by atoms with E-state index < -0.39 is 11.9 Å². The zero-order valence-corrected chi connectivity index (χ0v) is 15.4. The van der Waals surface area contributed by atoms with Crippen molar-refractivity contribution in [2.24, 2.45) is 11.8 Å². The summed E-state index contributed by atoms with van der Waals surface area (Å²) in [4.78, 5) is 11.8. The molecule has 4 rings (SSSR count). The Labute approximate surface area is 158 Å². The molecular weight excluding hydrogens is 348 g/mol. The van der Waals surface area contributed by atoms with E-state index in [1.54, 1.807) is 0 Å². The first-order valence-electron chi connectivity index (χ1n) is 9.35. The number of halogens is 1. The van der Waals surface area contributed by atoms with Crippen LogP contribution in [0, 0.1) is 11.8 Å². The first-order valence-corrected chi connectivity index (χ1v) is 9.73. The Bertz CT molecular complexity index is 792. The monoisotopic (exact) mass is 370 g/mol. The van der Waals surface area contributed by atoms with E-state index >= 15 is 0 Å². The maximum atomic E-state index is 11.8. The maximum Gasteiger partial charge on any atom is 0.310 e. The highest BCUT2D eigenvalue weighted by Crippen LogP contribution is 2.41. The number of aliphatic carboxylic acids is 1. The Morgan fingerprint density at radius 2 is 1.77 bits per heavy atom. The fraction of sp³-hybridized carbons (Fsp3) is 0.409. The molecule has 26 heavy (non-hydrogen) atoms. The number of carbonyl (C=O) groups is 1. The molecule has 2 aromatic rings. The minimum absolute atomic E-state index is 0.453. The molecule has 2 aliphatic rings. The molecular formula is C22H23ClO3. The standard InChI is InChI=1S/C22H23ClO3/c23-18-8-5-16(6-9-18)19-12-17(20(22(24)25)11-14-1-2-14)7-10-21(19)26-13-15-3-4-15/h5-10,12,14-15,20H,1-4,11,13H2,(H,24,25). The second-order valence-corrected chi connectivity index (χ2v) is 8.02. The van der Waals surface area contributed by atoms with Gasteiger partial charge in [-0.05, 0) is 66.5 Å². The molecule has 2 aliphatic carbocycles. The molecule has 1 N–H and O–H groups in total. The molecule has 0 spiro atoms. The molecule has 0 saturated heterocycles. The van der Waals surface area contributed by atoms with Crippen LogP contribution in [0.1, 0.15) is 43.6 Å². The third kappa shape index (κ3) is 4.21. The lowest BCUT2D eigenvalue weighted by Crippen LogP contribution is -2.13. The molecule has 2 aromatic carbocycles. The van der Waals surface area contributed by atoms with E-state index in [1.165, 1.54) is 12.8 Å². The van der Waals surface area contributed by atoms with Gasteiger partial charge in [0.05, 0.1) is 12.5 Å². The molecule has 0 radical (unpaired) electrons. The minimum atomic E-state index is -0.745. The van der Waals surface area contributed by atoms with Crippen molar-refractivity contribution in [1.82, 2.24) is 0 Å². The van der Waals surface area contributed by atoms with E-state index in [-0.39, 0.29) is 0 Å². The zero-order chi connectivity index (χ0) is 18.1. The zero-order valence-electron chi connectivity index (χ0n) is 14.7. The summed E-state index contributed by atoms with van der Waals surface area (Å²) in [5, 5.41) is 10.4. The van der Waals surface area contributed by atoms with E-state index in [2.05, 4.69) is 0 Å². The Balaban J connectivity index is 1.67. The molecule has 136 valence electrons. The van der Waals surface area contributed by atoms with Gasteiger partial charge in [-0.3, -0.25) is 4.79 Å². The summed E-state index contributed by atoms with van der Waals surface area (Å²) in [5.41, 5.74) is 2.80. The molecule has 1 unspecified atom stereocenters. The van der Waals surface area contributed by atoms with Crippen molar-refractivity contribution in [3.8, 4) is 16.9 Å². The predicted octanol–water partition coefficient (Wildman–Crippen LogP) is 5.76. The van der Waals surface area contributed by atoms with Crippen molar-refractivity contribution in [3.05, 3.63) is 53.1 Å². The van der Waals surface area contributed by atoms with Crippen LogP contribution in [0.3, 0.4) is 0 Å². The fourth-order valence-electron chi connectivity index (χ4n) is 3.30. The van der Waals surface area contributed by atoms with Gasteiger partial charge in [0.2, 0.25) is 0 Å². The van der Waals surface area contributed by atoms with E-state index in [0.29, 0.717) is 16.9 Å². The SMILES string of the molecule is O=C(O)C(CC1CC1)c1ccc(OCC2CC2)c(-c2ccc(Cl)cc2)c1. The van der Waals surface area contributed by atoms with Crippen molar-refractivity contribution in [2.75, 3.05) is 6.61 Å². The smallest absolute Gasteiger partial charge is 0.310 e. The van der Waals surface area contributed by atoms with Crippen LogP contribution in [0.5, 0.6) is 5.75 Å². The number of hydrogen-bond donors (Lipinski definition) is 1. The Kier molecular flexibility index (Phi) is 4.90. The van der Waals surface area contributed by atoms with Gasteiger partial charge in [-0.25, -0.2) is 0 Å². The maximum absolute atomic E-state index is 11.8. The molecule has 1 atom stereocenters. The topological polar surface area (TPSA) is 46.5 Å². The molecule has 0 heterocycles. The summed E-state index contributed by atoms with van der Waals surface area (Å²) in [5.74, 6) is 0.838. The van der Waals surface area contributed by atoms with Crippen molar-refractivity contribution >= 4 is 17.6 Å². The first kappa shape index (κ1) is 17.4. The summed E-state index contributed by atoms with van der Waals surface area (Å²) in [6.45, 7) is 0.727. The van der Waals surface area contributed by atoms with Gasteiger partial charge < -0.3 is 9.84 Å². The normalized spacial score (nSPS) is 17.7. The quantitative estimate of drug-likeness (QED) is 0.642. The van der Waals surface area contributed by atoms with Gasteiger partial charge in [-0.2, -0.15) is 0 Å². The highest BCUT2D eigenvalue weighted by molar-refractivity contribution is 6.30. The number of carboxylic acid groups (broad SMARTS) is 1. The summed E-state index contributed by atoms with van der Waals surface area (Å²) in [7, 11) is 0. The summed E-state index contributed by atoms with van der Waals surface area (Å²) < 4.78 is 6.05. The minimum Gasteiger partial charge on any atom is -0.493 e. The number of rotatable bonds is 8. The van der Waals surface area contributed by atoms with Crippen molar-refractivity contribution in [1.29, 1.82) is 0 Å². The van der Waals surface area contributed by atoms with Gasteiger partial charge in [0.15, 0.2) is 0 Å². The van der Waals surface area contributed by atoms with Gasteiger partial charge in [0.25, 0.3) is 0 Å². The van der Waals surface area contributed by atoms with Gasteiger partial charge in [-0.1, -0.05) is 42.6 Å². The largest absolute Gasteiger partial charge is 0.493 e. The van der Waals surface area contributed by atoms with Crippen molar-refractivity contribution < 1.29 is 14.6 Å². The van der Waals surface area contributed by atoms with E-state index in [1.807, 2.05) is 42.5 Å². The van der Waals surface area contributed by atoms with Crippen molar-refractivity contribution in [3.63, 3.8) is 0 Å². The van der Waals surface area contributed by atoms with Crippen LogP contribution < -0.4 is 4.74 Å². The summed E-state index contributed by atoms with van der Waals surface area (Å²) >= 11 is 6.03. The lowest BCUT2D eigenvalue weighted by Gasteiger charge is -2.17. The molecule has 2 fully saturated rings. The van der Waals surface area contributed by atoms with Gasteiger partial charge in [0.1, 0.15) is 5.75 Å². The van der Waals surface area contributed by atoms with Gasteiger partial charge in [-0.15, -0.1) is 0 Å². The van der Waals surface area contributed by atoms with E-state index in [4.69, 9.17) is 16.3 Å². The number of hydrogen-bond acceptors (Lipinski definition) is 2. The van der Waals surface area contributed by atoms with Gasteiger partial charge >= 0.3 is 5.97 Å². The Hall–Kier alpha value is -2.00. The van der Waals surface area contributed by atoms with Crippen LogP contribution in [-0.4, -0.2) is 17.7 Å². The van der Waals surface area contributed by atoms with Crippen LogP contribution in [-0.2, 0) is 4.79 Å². The van der Waals surface area contributed by atoms with Crippen LogP contribution in [0.4, 0.5) is 0 Å². The predicted molar refractivity (Wildman–Crippen MR) is 103 cm³/mol. The summed E-state index contributed by atoms with van der Waals surface area (Å²) in [6, 6.07) is 13.5. The molecule has 0 aliphatic heterocycles. The molecule has 0 aromatic heterocycles. The Morgan fingerprint density at radius 1 is 1.08 bits per heavy atom. The lowest BCUT2D eigenvalue weighted by molar-refractivity contribution is -0.139. The van der Waals surface area contributed by atoms with Gasteiger partial charge in [0, 0.05) is 10.6 Å². The second-order valence-electron chi connectivity index (χ2n) is 7.59. The number of benzene rings is 2. The number of ether oxygens (including phenoxy) is 1. The fourth-order valence-corrected chi connectivity index (χ4v) is 3.43. The molecule has 3 nitrogen and oxygen atoms in total. The van der Waals surface area contributed by atoms with Crippen molar-refractivity contribution in [2.45, 2.75) is 38.0 Å². The van der Waals surface area contributed by atoms with Crippen LogP contribution in [0.25, 0.3) is 11.1 Å². The van der Waals surface area contributed by atoms with E-state index in [9.17, 15) is 9.90 Å². The average molecular weight is 371 g/mol. The third-order valence-corrected chi connectivity index (χ3v) is 5.55. The molecule has 0 amide bonds. The van der Waals surface area contributed by atoms with E-state index in [0.717, 1.165) is 48.3 Å². The highest BCUT2D eigenvalue weighted by atomic mass is 35.5. The molecule has 4 heteroatoms. The summed E-state index contributed by atoms with van der Waals surface area (Å²) in [6.07, 6.45) is 5.48. The molecule has 0 bridgehead atoms. The average Bonchev–Trinajstić information content (AvgIpc) is 3.54. The second kappa shape index (κ2) is 7.32. The third-order valence-electron chi connectivity index (χ3n) is 5.30. The Morgan fingerprint density at radius 3 is 2.38 bits per heavy atom. The number of carboxylic acids is 1. The van der Waals surface area contributed by atoms with Crippen LogP contribution in [0.2, 0.25) is 5.02 Å². The highest BCUT2D eigenvalue weighted by Gasteiger charge is 2.31. The molecule has 2 saturated carbocycles. The lowest BCUT2D eigenvalue weighted by atomic mass is 9.90. The van der Waals surface area contributed by atoms with Crippen LogP contribution >= 0.6 is 11.6 Å².